The molecule has 8 nitrogen and oxygen atoms in total. The van der Waals surface area contributed by atoms with Gasteiger partial charge in [-0.25, -0.2) is 9.78 Å². The van der Waals surface area contributed by atoms with Crippen molar-refractivity contribution in [3.05, 3.63) is 36.0 Å². The number of imidazole rings is 1. The van der Waals surface area contributed by atoms with Crippen molar-refractivity contribution in [1.82, 2.24) is 24.4 Å². The predicted molar refractivity (Wildman–Crippen MR) is 127 cm³/mol. The van der Waals surface area contributed by atoms with E-state index in [0.717, 1.165) is 67.1 Å². The number of carbonyl (C=O) groups is 1. The summed E-state index contributed by atoms with van der Waals surface area (Å²) in [5.41, 5.74) is 2.98. The molecule has 1 aliphatic heterocycles. The molecular weight excluding hydrogens is 418 g/mol. The van der Waals surface area contributed by atoms with Crippen LogP contribution in [0.15, 0.2) is 30.3 Å². The normalized spacial score (nSPS) is 15.1. The molecule has 0 N–H and O–H groups in total. The summed E-state index contributed by atoms with van der Waals surface area (Å²) in [4.78, 5) is 28.1. The minimum atomic E-state index is -0.467. The maximum Gasteiger partial charge on any atom is 0.410 e. The lowest BCUT2D eigenvalue weighted by Crippen LogP contribution is -2.41. The molecule has 0 spiro atoms. The number of aryl methyl sites for hydroxylation is 2. The fraction of sp³-hybridized carbons (Fsp3) is 0.520. The smallest absolute Gasteiger partial charge is 0.410 e. The van der Waals surface area contributed by atoms with Crippen LogP contribution < -0.4 is 4.74 Å². The van der Waals surface area contributed by atoms with Gasteiger partial charge in [-0.3, -0.25) is 0 Å². The second-order valence-electron chi connectivity index (χ2n) is 9.62. The van der Waals surface area contributed by atoms with Crippen molar-refractivity contribution in [3.8, 4) is 17.4 Å². The standard InChI is InChI=1S/C25H33N5O3/c1-17-20-22(28-23(26-17)32-5)30(21(27-20)19-9-7-6-8-10-19)16-13-18-11-14-29(15-12-18)24(31)33-25(2,3)4/h6-10,18H,11-16H2,1-5H3. The molecule has 1 saturated heterocycles. The minimum absolute atomic E-state index is 0.216. The Bertz CT molecular complexity index is 1110. The molecule has 0 unspecified atom stereocenters. The summed E-state index contributed by atoms with van der Waals surface area (Å²) in [7, 11) is 1.58. The molecule has 0 atom stereocenters. The van der Waals surface area contributed by atoms with Crippen molar-refractivity contribution < 1.29 is 14.3 Å². The number of ether oxygens (including phenoxy) is 2. The van der Waals surface area contributed by atoms with Crippen LogP contribution in [-0.4, -0.2) is 56.3 Å². The third-order valence-electron chi connectivity index (χ3n) is 5.99. The number of piperidine rings is 1. The third-order valence-corrected chi connectivity index (χ3v) is 5.99. The summed E-state index contributed by atoms with van der Waals surface area (Å²) in [6, 6.07) is 10.5. The van der Waals surface area contributed by atoms with Gasteiger partial charge in [-0.2, -0.15) is 9.97 Å². The van der Waals surface area contributed by atoms with Gasteiger partial charge in [0, 0.05) is 25.2 Å². The molecule has 0 saturated carbocycles. The lowest BCUT2D eigenvalue weighted by atomic mass is 9.93. The van der Waals surface area contributed by atoms with Gasteiger partial charge in [-0.05, 0) is 52.9 Å². The van der Waals surface area contributed by atoms with Gasteiger partial charge >= 0.3 is 12.1 Å². The highest BCUT2D eigenvalue weighted by atomic mass is 16.6. The molecule has 0 radical (unpaired) electrons. The Balaban J connectivity index is 1.52. The first-order chi connectivity index (χ1) is 15.7. The fourth-order valence-electron chi connectivity index (χ4n) is 4.27. The number of benzene rings is 1. The third kappa shape index (κ3) is 5.26. The van der Waals surface area contributed by atoms with Gasteiger partial charge in [0.15, 0.2) is 5.65 Å². The molecule has 1 aliphatic rings. The number of carbonyl (C=O) groups excluding carboxylic acids is 1. The summed E-state index contributed by atoms with van der Waals surface area (Å²) in [6.07, 6.45) is 2.69. The van der Waals surface area contributed by atoms with Crippen molar-refractivity contribution in [2.75, 3.05) is 20.2 Å². The van der Waals surface area contributed by atoms with E-state index >= 15 is 0 Å². The zero-order valence-corrected chi connectivity index (χ0v) is 20.2. The Morgan fingerprint density at radius 3 is 2.42 bits per heavy atom. The molecule has 2 aromatic heterocycles. The zero-order valence-electron chi connectivity index (χ0n) is 20.2. The number of methoxy groups -OCH3 is 1. The quantitative estimate of drug-likeness (QED) is 0.552. The Hall–Kier alpha value is -3.16. The maximum atomic E-state index is 12.4. The number of fused-ring (bicyclic) bond motifs is 1. The van der Waals surface area contributed by atoms with Gasteiger partial charge in [0.05, 0.1) is 12.8 Å². The zero-order chi connectivity index (χ0) is 23.6. The number of hydrogen-bond donors (Lipinski definition) is 0. The van der Waals surface area contributed by atoms with E-state index in [2.05, 4.69) is 26.7 Å². The lowest BCUT2D eigenvalue weighted by molar-refractivity contribution is 0.0180. The topological polar surface area (TPSA) is 82.4 Å². The molecule has 0 bridgehead atoms. The van der Waals surface area contributed by atoms with Crippen LogP contribution in [0.25, 0.3) is 22.6 Å². The first kappa shape index (κ1) is 23.0. The van der Waals surface area contributed by atoms with Crippen LogP contribution in [0, 0.1) is 12.8 Å². The lowest BCUT2D eigenvalue weighted by Gasteiger charge is -2.33. The summed E-state index contributed by atoms with van der Waals surface area (Å²) < 4.78 is 13.0. The molecule has 1 amide bonds. The molecule has 0 aliphatic carbocycles. The number of aromatic nitrogens is 4. The molecular formula is C25H33N5O3. The van der Waals surface area contributed by atoms with Crippen LogP contribution in [0.4, 0.5) is 4.79 Å². The fourth-order valence-corrected chi connectivity index (χ4v) is 4.27. The van der Waals surface area contributed by atoms with E-state index in [1.807, 2.05) is 50.8 Å². The average Bonchev–Trinajstić information content (AvgIpc) is 3.16. The number of amides is 1. The second-order valence-corrected chi connectivity index (χ2v) is 9.62. The highest BCUT2D eigenvalue weighted by Gasteiger charge is 2.27. The van der Waals surface area contributed by atoms with E-state index in [4.69, 9.17) is 14.5 Å². The number of rotatable bonds is 5. The first-order valence-electron chi connectivity index (χ1n) is 11.6. The SMILES string of the molecule is COc1nc(C)c2nc(-c3ccccc3)n(CCC3CCN(C(=O)OC(C)(C)C)CC3)c2n1. The van der Waals surface area contributed by atoms with E-state index < -0.39 is 5.60 Å². The molecule has 3 heterocycles. The van der Waals surface area contributed by atoms with Crippen molar-refractivity contribution in [2.24, 2.45) is 5.92 Å². The molecule has 33 heavy (non-hydrogen) atoms. The Morgan fingerprint density at radius 2 is 1.79 bits per heavy atom. The number of hydrogen-bond acceptors (Lipinski definition) is 6. The second kappa shape index (κ2) is 9.37. The predicted octanol–water partition coefficient (Wildman–Crippen LogP) is 4.85. The van der Waals surface area contributed by atoms with Gasteiger partial charge in [-0.1, -0.05) is 30.3 Å². The van der Waals surface area contributed by atoms with Crippen molar-refractivity contribution in [3.63, 3.8) is 0 Å². The number of nitrogens with zero attached hydrogens (tertiary/aromatic N) is 5. The van der Waals surface area contributed by atoms with Gasteiger partial charge in [0.1, 0.15) is 16.9 Å². The van der Waals surface area contributed by atoms with E-state index in [0.29, 0.717) is 11.9 Å². The summed E-state index contributed by atoms with van der Waals surface area (Å²) in [5.74, 6) is 1.41. The van der Waals surface area contributed by atoms with E-state index in [1.54, 1.807) is 7.11 Å². The number of likely N-dealkylation sites (tertiary alicyclic amines) is 1. The molecule has 1 aromatic carbocycles. The molecule has 4 rings (SSSR count). The highest BCUT2D eigenvalue weighted by molar-refractivity contribution is 5.79. The van der Waals surface area contributed by atoms with Crippen molar-refractivity contribution in [2.45, 2.75) is 59.1 Å². The Kier molecular flexibility index (Phi) is 6.54. The van der Waals surface area contributed by atoms with Crippen LogP contribution in [0.3, 0.4) is 0 Å². The van der Waals surface area contributed by atoms with Crippen LogP contribution in [0.2, 0.25) is 0 Å². The first-order valence-corrected chi connectivity index (χ1v) is 11.6. The van der Waals surface area contributed by atoms with Gasteiger partial charge < -0.3 is 18.9 Å². The van der Waals surface area contributed by atoms with Crippen LogP contribution in [0.1, 0.15) is 45.7 Å². The van der Waals surface area contributed by atoms with Crippen LogP contribution >= 0.6 is 0 Å². The molecule has 176 valence electrons. The van der Waals surface area contributed by atoms with E-state index in [9.17, 15) is 4.79 Å². The van der Waals surface area contributed by atoms with Crippen molar-refractivity contribution in [1.29, 1.82) is 0 Å². The van der Waals surface area contributed by atoms with E-state index in [-0.39, 0.29) is 6.09 Å². The summed E-state index contributed by atoms with van der Waals surface area (Å²) in [5, 5.41) is 0. The summed E-state index contributed by atoms with van der Waals surface area (Å²) >= 11 is 0. The van der Waals surface area contributed by atoms with Crippen LogP contribution in [-0.2, 0) is 11.3 Å². The van der Waals surface area contributed by atoms with Gasteiger partial charge in [0.2, 0.25) is 0 Å². The summed E-state index contributed by atoms with van der Waals surface area (Å²) in [6.45, 7) is 9.88. The average molecular weight is 452 g/mol. The van der Waals surface area contributed by atoms with Gasteiger partial charge in [0.25, 0.3) is 0 Å². The van der Waals surface area contributed by atoms with E-state index in [1.165, 1.54) is 0 Å². The monoisotopic (exact) mass is 451 g/mol. The molecule has 3 aromatic rings. The Morgan fingerprint density at radius 1 is 1.09 bits per heavy atom. The minimum Gasteiger partial charge on any atom is -0.467 e. The largest absolute Gasteiger partial charge is 0.467 e. The van der Waals surface area contributed by atoms with Crippen molar-refractivity contribution >= 4 is 17.3 Å². The molecule has 8 heteroatoms. The Labute approximate surface area is 195 Å². The maximum absolute atomic E-state index is 12.4. The molecule has 1 fully saturated rings. The van der Waals surface area contributed by atoms with Gasteiger partial charge in [-0.15, -0.1) is 0 Å². The highest BCUT2D eigenvalue weighted by Crippen LogP contribution is 2.29. The van der Waals surface area contributed by atoms with Crippen LogP contribution in [0.5, 0.6) is 6.01 Å².